The Bertz CT molecular complexity index is 1290. The highest BCUT2D eigenvalue weighted by molar-refractivity contribution is 9.10. The van der Waals surface area contributed by atoms with E-state index < -0.39 is 4.87 Å². The first kappa shape index (κ1) is 20.3. The molecule has 2 N–H and O–H groups in total. The Balaban J connectivity index is 1.57. The summed E-state index contributed by atoms with van der Waals surface area (Å²) in [6.45, 7) is 3.68. The molecule has 6 nitrogen and oxygen atoms in total. The van der Waals surface area contributed by atoms with Crippen LogP contribution in [0.25, 0.3) is 11.6 Å². The number of benzene rings is 2. The minimum Gasteiger partial charge on any atom is -0.493 e. The van der Waals surface area contributed by atoms with E-state index in [0.29, 0.717) is 10.6 Å². The fraction of sp³-hybridized carbons (Fsp3) is 0.136. The lowest BCUT2D eigenvalue weighted by Gasteiger charge is -2.08. The van der Waals surface area contributed by atoms with Gasteiger partial charge in [-0.15, -0.1) is 0 Å². The topological polar surface area (TPSA) is 83.7 Å². The van der Waals surface area contributed by atoms with Crippen molar-refractivity contribution in [2.75, 3.05) is 5.32 Å². The quantitative estimate of drug-likeness (QED) is 0.553. The van der Waals surface area contributed by atoms with Crippen LogP contribution in [0.3, 0.4) is 0 Å². The molecule has 0 spiro atoms. The van der Waals surface area contributed by atoms with Gasteiger partial charge in [-0.2, -0.15) is 0 Å². The van der Waals surface area contributed by atoms with Crippen molar-refractivity contribution in [3.05, 3.63) is 72.1 Å². The molecule has 2 aromatic carbocycles. The summed E-state index contributed by atoms with van der Waals surface area (Å²) < 4.78 is 1.98. The third kappa shape index (κ3) is 4.01. The molecular weight excluding hydrogens is 466 g/mol. The van der Waals surface area contributed by atoms with Gasteiger partial charge in [0.25, 0.3) is 0 Å². The van der Waals surface area contributed by atoms with Crippen molar-refractivity contribution in [2.45, 2.75) is 20.4 Å². The Kier molecular flexibility index (Phi) is 5.44. The second-order valence-corrected chi connectivity index (χ2v) is 8.92. The number of aromatic nitrogens is 1. The SMILES string of the molecule is Cc1ccc(NC(=O)Cn2c(O)c(/C=C3/C=Nc4ccc(Br)cc43)sc2=O)cc1C. The van der Waals surface area contributed by atoms with Crippen LogP contribution >= 0.6 is 27.3 Å². The molecule has 1 aromatic heterocycles. The van der Waals surface area contributed by atoms with Crippen molar-refractivity contribution in [3.8, 4) is 5.88 Å². The lowest BCUT2D eigenvalue weighted by molar-refractivity contribution is -0.116. The number of thiazole rings is 1. The Labute approximate surface area is 185 Å². The maximum atomic E-state index is 12.4. The van der Waals surface area contributed by atoms with Crippen LogP contribution in [0, 0.1) is 13.8 Å². The molecule has 2 heterocycles. The van der Waals surface area contributed by atoms with Crippen LogP contribution in [0.4, 0.5) is 11.4 Å². The molecule has 30 heavy (non-hydrogen) atoms. The molecule has 1 amide bonds. The van der Waals surface area contributed by atoms with Crippen LogP contribution in [0.2, 0.25) is 0 Å². The monoisotopic (exact) mass is 483 g/mol. The van der Waals surface area contributed by atoms with Crippen molar-refractivity contribution in [1.29, 1.82) is 0 Å². The number of fused-ring (bicyclic) bond motifs is 1. The second-order valence-electron chi connectivity index (χ2n) is 7.01. The summed E-state index contributed by atoms with van der Waals surface area (Å²) in [6.07, 6.45) is 3.40. The molecule has 0 saturated heterocycles. The molecule has 0 saturated carbocycles. The average Bonchev–Trinajstić information content (AvgIpc) is 3.20. The van der Waals surface area contributed by atoms with E-state index in [0.717, 1.165) is 48.3 Å². The Hall–Kier alpha value is -2.97. The number of hydrogen-bond acceptors (Lipinski definition) is 5. The molecule has 0 aliphatic carbocycles. The summed E-state index contributed by atoms with van der Waals surface area (Å²) in [5, 5.41) is 13.3. The number of nitrogens with one attached hydrogen (secondary N) is 1. The number of carbonyl (C=O) groups excluding carboxylic acids is 1. The minimum absolute atomic E-state index is 0.232. The van der Waals surface area contributed by atoms with E-state index in [1.807, 2.05) is 44.2 Å². The molecule has 3 aromatic rings. The lowest BCUT2D eigenvalue weighted by atomic mass is 10.1. The number of aryl methyl sites for hydroxylation is 2. The molecular formula is C22H18BrN3O3S. The number of aromatic hydroxyl groups is 1. The fourth-order valence-corrected chi connectivity index (χ4v) is 4.33. The number of rotatable bonds is 4. The predicted octanol–water partition coefficient (Wildman–Crippen LogP) is 4.89. The van der Waals surface area contributed by atoms with E-state index in [-0.39, 0.29) is 18.3 Å². The number of halogens is 1. The molecule has 0 unspecified atom stereocenters. The Morgan fingerprint density at radius 3 is 2.80 bits per heavy atom. The summed E-state index contributed by atoms with van der Waals surface area (Å²) in [5.74, 6) is -0.617. The molecule has 1 aliphatic heterocycles. The number of anilines is 1. The summed E-state index contributed by atoms with van der Waals surface area (Å²) in [5.41, 5.74) is 5.35. The summed E-state index contributed by atoms with van der Waals surface area (Å²) >= 11 is 4.33. The highest BCUT2D eigenvalue weighted by atomic mass is 79.9. The van der Waals surface area contributed by atoms with Gasteiger partial charge in [-0.25, -0.2) is 0 Å². The van der Waals surface area contributed by atoms with Gasteiger partial charge in [0.05, 0.1) is 10.6 Å². The summed E-state index contributed by atoms with van der Waals surface area (Å²) in [6, 6.07) is 11.3. The Morgan fingerprint density at radius 1 is 1.23 bits per heavy atom. The van der Waals surface area contributed by atoms with Crippen molar-refractivity contribution in [1.82, 2.24) is 4.57 Å². The van der Waals surface area contributed by atoms with E-state index in [9.17, 15) is 14.7 Å². The molecule has 0 bridgehead atoms. The zero-order chi connectivity index (χ0) is 21.4. The number of carbonyl (C=O) groups is 1. The minimum atomic E-state index is -0.404. The average molecular weight is 484 g/mol. The largest absolute Gasteiger partial charge is 0.493 e. The number of hydrogen-bond donors (Lipinski definition) is 2. The molecule has 4 rings (SSSR count). The fourth-order valence-electron chi connectivity index (χ4n) is 3.13. The van der Waals surface area contributed by atoms with Gasteiger partial charge >= 0.3 is 4.87 Å². The van der Waals surface area contributed by atoms with Crippen LogP contribution in [0.1, 0.15) is 21.6 Å². The first-order chi connectivity index (χ1) is 14.3. The number of nitrogens with zero attached hydrogens (tertiary/aromatic N) is 2. The van der Waals surface area contributed by atoms with E-state index in [1.165, 1.54) is 0 Å². The van der Waals surface area contributed by atoms with E-state index >= 15 is 0 Å². The first-order valence-corrected chi connectivity index (χ1v) is 10.8. The number of allylic oxidation sites excluding steroid dienone is 1. The summed E-state index contributed by atoms with van der Waals surface area (Å²) in [4.78, 5) is 29.1. The van der Waals surface area contributed by atoms with Crippen molar-refractivity contribution < 1.29 is 9.90 Å². The summed E-state index contributed by atoms with van der Waals surface area (Å²) in [7, 11) is 0. The normalized spacial score (nSPS) is 13.6. The number of aliphatic imine (C=N–C) groups is 1. The van der Waals surface area contributed by atoms with Crippen LogP contribution in [0.5, 0.6) is 5.88 Å². The van der Waals surface area contributed by atoms with Gasteiger partial charge in [0.15, 0.2) is 0 Å². The maximum Gasteiger partial charge on any atom is 0.311 e. The Morgan fingerprint density at radius 2 is 2.03 bits per heavy atom. The third-order valence-corrected chi connectivity index (χ3v) is 6.29. The molecule has 0 atom stereocenters. The van der Waals surface area contributed by atoms with Crippen LogP contribution in [0.15, 0.2) is 50.7 Å². The van der Waals surface area contributed by atoms with Gasteiger partial charge < -0.3 is 10.4 Å². The second kappa shape index (κ2) is 8.04. The van der Waals surface area contributed by atoms with E-state index in [2.05, 4.69) is 26.2 Å². The molecule has 0 fully saturated rings. The highest BCUT2D eigenvalue weighted by Gasteiger charge is 2.18. The van der Waals surface area contributed by atoms with Gasteiger partial charge in [-0.05, 0) is 61.4 Å². The standard InChI is InChI=1S/C22H18BrN3O3S/c1-12-3-5-16(7-13(12)2)25-20(27)11-26-21(28)19(30-22(26)29)8-14-10-24-18-6-4-15(23)9-17(14)18/h3-10,28H,11H2,1-2H3,(H,25,27)/b14-8-. The highest BCUT2D eigenvalue weighted by Crippen LogP contribution is 2.36. The smallest absolute Gasteiger partial charge is 0.311 e. The molecule has 152 valence electrons. The van der Waals surface area contributed by atoms with E-state index in [4.69, 9.17) is 0 Å². The maximum absolute atomic E-state index is 12.4. The zero-order valence-corrected chi connectivity index (χ0v) is 18.7. The van der Waals surface area contributed by atoms with Gasteiger partial charge in [0.2, 0.25) is 11.8 Å². The van der Waals surface area contributed by atoms with Gasteiger partial charge in [-0.1, -0.05) is 33.3 Å². The van der Waals surface area contributed by atoms with Crippen molar-refractivity contribution in [3.63, 3.8) is 0 Å². The van der Waals surface area contributed by atoms with Gasteiger partial charge in [-0.3, -0.25) is 19.1 Å². The van der Waals surface area contributed by atoms with Crippen molar-refractivity contribution >= 4 is 62.4 Å². The molecule has 1 aliphatic rings. The zero-order valence-electron chi connectivity index (χ0n) is 16.3. The van der Waals surface area contributed by atoms with Crippen molar-refractivity contribution in [2.24, 2.45) is 4.99 Å². The molecule has 8 heteroatoms. The van der Waals surface area contributed by atoms with Crippen LogP contribution < -0.4 is 10.2 Å². The van der Waals surface area contributed by atoms with Gasteiger partial charge in [0, 0.05) is 27.5 Å². The number of amides is 1. The lowest BCUT2D eigenvalue weighted by Crippen LogP contribution is -2.24. The first-order valence-electron chi connectivity index (χ1n) is 9.17. The van der Waals surface area contributed by atoms with Crippen LogP contribution in [-0.2, 0) is 11.3 Å². The van der Waals surface area contributed by atoms with E-state index in [1.54, 1.807) is 18.4 Å². The van der Waals surface area contributed by atoms with Gasteiger partial charge in [0.1, 0.15) is 6.54 Å². The predicted molar refractivity (Wildman–Crippen MR) is 125 cm³/mol. The third-order valence-electron chi connectivity index (χ3n) is 4.89. The molecule has 0 radical (unpaired) electrons. The van der Waals surface area contributed by atoms with Crippen LogP contribution in [-0.4, -0.2) is 21.8 Å².